The Morgan fingerprint density at radius 2 is 1.90 bits per heavy atom. The second-order valence-corrected chi connectivity index (χ2v) is 6.38. The quantitative estimate of drug-likeness (QED) is 0.202. The molecule has 0 radical (unpaired) electrons. The van der Waals surface area contributed by atoms with Gasteiger partial charge in [-0.2, -0.15) is 0 Å². The van der Waals surface area contributed by atoms with Crippen LogP contribution in [-0.4, -0.2) is 47.0 Å². The zero-order chi connectivity index (χ0) is 21.1. The second-order valence-electron chi connectivity index (χ2n) is 6.38. The minimum atomic E-state index is 0. The van der Waals surface area contributed by atoms with Gasteiger partial charge in [0.25, 0.3) is 0 Å². The van der Waals surface area contributed by atoms with Gasteiger partial charge < -0.3 is 24.7 Å². The molecule has 0 aliphatic rings. The molecule has 2 rings (SSSR count). The first kappa shape index (κ1) is 25.7. The minimum absolute atomic E-state index is 0. The first-order valence-electron chi connectivity index (χ1n) is 9.95. The molecule has 30 heavy (non-hydrogen) atoms. The molecular formula is C21H33IN6O2. The molecule has 0 spiro atoms. The molecular weight excluding hydrogens is 495 g/mol. The Hall–Kier alpha value is -2.30. The van der Waals surface area contributed by atoms with Crippen molar-refractivity contribution >= 4 is 29.9 Å². The molecule has 166 valence electrons. The van der Waals surface area contributed by atoms with Gasteiger partial charge in [-0.3, -0.25) is 0 Å². The summed E-state index contributed by atoms with van der Waals surface area (Å²) in [7, 11) is 1.94. The van der Waals surface area contributed by atoms with Crippen LogP contribution in [0.3, 0.4) is 0 Å². The van der Waals surface area contributed by atoms with E-state index in [2.05, 4.69) is 38.5 Å². The van der Waals surface area contributed by atoms with Gasteiger partial charge in [-0.15, -0.1) is 40.8 Å². The van der Waals surface area contributed by atoms with E-state index in [4.69, 9.17) is 9.47 Å². The molecule has 0 fully saturated rings. The average molecular weight is 528 g/mol. The van der Waals surface area contributed by atoms with E-state index >= 15 is 0 Å². The van der Waals surface area contributed by atoms with Crippen LogP contribution in [0, 0.1) is 6.92 Å². The predicted molar refractivity (Wildman–Crippen MR) is 131 cm³/mol. The Bertz CT molecular complexity index is 822. The second kappa shape index (κ2) is 13.8. The predicted octanol–water partition coefficient (Wildman–Crippen LogP) is 3.00. The third-order valence-electron chi connectivity index (χ3n) is 4.29. The van der Waals surface area contributed by atoms with E-state index in [0.717, 1.165) is 41.7 Å². The van der Waals surface area contributed by atoms with Crippen LogP contribution in [0.1, 0.15) is 31.1 Å². The van der Waals surface area contributed by atoms with Crippen LogP contribution in [0.5, 0.6) is 11.5 Å². The number of rotatable bonds is 11. The van der Waals surface area contributed by atoms with Gasteiger partial charge in [0.1, 0.15) is 12.4 Å². The summed E-state index contributed by atoms with van der Waals surface area (Å²) in [6.45, 7) is 12.6. The van der Waals surface area contributed by atoms with Crippen LogP contribution < -0.4 is 20.1 Å². The molecule has 0 aliphatic carbocycles. The SMILES string of the molecule is C=CCNC(=NCc1nnc(C)n1C)NCCc1ccc(OCC)c(OCC)c1.I. The third-order valence-corrected chi connectivity index (χ3v) is 4.29. The van der Waals surface area contributed by atoms with Crippen molar-refractivity contribution in [1.82, 2.24) is 25.4 Å². The Labute approximate surface area is 196 Å². The van der Waals surface area contributed by atoms with E-state index in [1.165, 1.54) is 0 Å². The molecule has 1 heterocycles. The van der Waals surface area contributed by atoms with Crippen molar-refractivity contribution in [3.8, 4) is 11.5 Å². The van der Waals surface area contributed by atoms with Crippen molar-refractivity contribution in [2.45, 2.75) is 33.7 Å². The first-order chi connectivity index (χ1) is 14.1. The molecule has 2 N–H and O–H groups in total. The highest BCUT2D eigenvalue weighted by Crippen LogP contribution is 2.28. The van der Waals surface area contributed by atoms with E-state index in [1.54, 1.807) is 6.08 Å². The number of benzene rings is 1. The number of hydrogen-bond donors (Lipinski definition) is 2. The van der Waals surface area contributed by atoms with Gasteiger partial charge in [-0.05, 0) is 44.9 Å². The molecule has 1 aromatic carbocycles. The normalized spacial score (nSPS) is 10.9. The van der Waals surface area contributed by atoms with E-state index < -0.39 is 0 Å². The third kappa shape index (κ3) is 7.85. The maximum absolute atomic E-state index is 5.70. The van der Waals surface area contributed by atoms with Crippen LogP contribution in [0.4, 0.5) is 0 Å². The molecule has 0 aliphatic heterocycles. The summed E-state index contributed by atoms with van der Waals surface area (Å²) in [6.07, 6.45) is 2.62. The lowest BCUT2D eigenvalue weighted by molar-refractivity contribution is 0.287. The lowest BCUT2D eigenvalue weighted by Gasteiger charge is -2.14. The summed E-state index contributed by atoms with van der Waals surface area (Å²) < 4.78 is 13.3. The van der Waals surface area contributed by atoms with E-state index in [1.807, 2.05) is 44.5 Å². The molecule has 0 amide bonds. The zero-order valence-corrected chi connectivity index (χ0v) is 20.6. The summed E-state index contributed by atoms with van der Waals surface area (Å²) in [4.78, 5) is 4.60. The Morgan fingerprint density at radius 1 is 1.17 bits per heavy atom. The average Bonchev–Trinajstić information content (AvgIpc) is 3.04. The smallest absolute Gasteiger partial charge is 0.191 e. The van der Waals surface area contributed by atoms with Crippen LogP contribution in [0.15, 0.2) is 35.8 Å². The number of halogens is 1. The van der Waals surface area contributed by atoms with Crippen molar-refractivity contribution in [2.75, 3.05) is 26.3 Å². The molecule has 0 saturated heterocycles. The fourth-order valence-electron chi connectivity index (χ4n) is 2.66. The fraction of sp³-hybridized carbons (Fsp3) is 0.476. The molecule has 0 bridgehead atoms. The highest BCUT2D eigenvalue weighted by Gasteiger charge is 2.07. The van der Waals surface area contributed by atoms with E-state index in [0.29, 0.717) is 32.3 Å². The van der Waals surface area contributed by atoms with Crippen LogP contribution in [0.25, 0.3) is 0 Å². The van der Waals surface area contributed by atoms with Gasteiger partial charge in [0.2, 0.25) is 0 Å². The molecule has 2 aromatic rings. The molecule has 8 nitrogen and oxygen atoms in total. The maximum atomic E-state index is 5.70. The lowest BCUT2D eigenvalue weighted by Crippen LogP contribution is -2.38. The summed E-state index contributed by atoms with van der Waals surface area (Å²) in [5, 5.41) is 14.8. The van der Waals surface area contributed by atoms with E-state index in [-0.39, 0.29) is 24.0 Å². The van der Waals surface area contributed by atoms with Crippen LogP contribution in [-0.2, 0) is 20.0 Å². The Kier molecular flexibility index (Phi) is 11.9. The standard InChI is InChI=1S/C21H32N6O2.HI/c1-6-12-22-21(24-15-20-26-25-16(4)27(20)5)23-13-11-17-9-10-18(28-7-2)19(14-17)29-8-3;/h6,9-10,14H,1,7-8,11-13,15H2,2-5H3,(H2,22,23,24);1H. The number of nitrogens with zero attached hydrogens (tertiary/aromatic N) is 4. The van der Waals surface area contributed by atoms with Crippen molar-refractivity contribution in [3.05, 3.63) is 48.1 Å². The minimum Gasteiger partial charge on any atom is -0.490 e. The van der Waals surface area contributed by atoms with Crippen molar-refractivity contribution in [1.29, 1.82) is 0 Å². The lowest BCUT2D eigenvalue weighted by atomic mass is 10.1. The largest absolute Gasteiger partial charge is 0.490 e. The summed E-state index contributed by atoms with van der Waals surface area (Å²) in [5.74, 6) is 3.95. The molecule has 0 saturated carbocycles. The van der Waals surface area contributed by atoms with Crippen molar-refractivity contribution < 1.29 is 9.47 Å². The summed E-state index contributed by atoms with van der Waals surface area (Å²) in [6, 6.07) is 6.06. The highest BCUT2D eigenvalue weighted by atomic mass is 127. The van der Waals surface area contributed by atoms with Crippen LogP contribution >= 0.6 is 24.0 Å². The number of aliphatic imine (C=N–C) groups is 1. The summed E-state index contributed by atoms with van der Waals surface area (Å²) in [5.41, 5.74) is 1.16. The fourth-order valence-corrected chi connectivity index (χ4v) is 2.66. The molecule has 0 unspecified atom stereocenters. The zero-order valence-electron chi connectivity index (χ0n) is 18.3. The first-order valence-corrected chi connectivity index (χ1v) is 9.95. The van der Waals surface area contributed by atoms with Gasteiger partial charge in [-0.25, -0.2) is 4.99 Å². The highest BCUT2D eigenvalue weighted by molar-refractivity contribution is 14.0. The number of guanidine groups is 1. The number of aryl methyl sites for hydroxylation is 1. The van der Waals surface area contributed by atoms with Gasteiger partial charge >= 0.3 is 0 Å². The van der Waals surface area contributed by atoms with Gasteiger partial charge in [-0.1, -0.05) is 12.1 Å². The van der Waals surface area contributed by atoms with Crippen molar-refractivity contribution in [2.24, 2.45) is 12.0 Å². The van der Waals surface area contributed by atoms with Crippen LogP contribution in [0.2, 0.25) is 0 Å². The Balaban J connectivity index is 0.00000450. The van der Waals surface area contributed by atoms with Crippen molar-refractivity contribution in [3.63, 3.8) is 0 Å². The number of aromatic nitrogens is 3. The van der Waals surface area contributed by atoms with Gasteiger partial charge in [0.05, 0.1) is 13.2 Å². The number of ether oxygens (including phenoxy) is 2. The molecule has 9 heteroatoms. The topological polar surface area (TPSA) is 85.6 Å². The monoisotopic (exact) mass is 528 g/mol. The van der Waals surface area contributed by atoms with Gasteiger partial charge in [0.15, 0.2) is 23.3 Å². The molecule has 1 aromatic heterocycles. The summed E-state index contributed by atoms with van der Waals surface area (Å²) >= 11 is 0. The number of hydrogen-bond acceptors (Lipinski definition) is 5. The maximum Gasteiger partial charge on any atom is 0.191 e. The van der Waals surface area contributed by atoms with Gasteiger partial charge in [0, 0.05) is 20.1 Å². The van der Waals surface area contributed by atoms with E-state index in [9.17, 15) is 0 Å². The Morgan fingerprint density at radius 3 is 2.53 bits per heavy atom. The molecule has 0 atom stereocenters. The number of nitrogens with one attached hydrogen (secondary N) is 2.